The van der Waals surface area contributed by atoms with E-state index in [9.17, 15) is 19.5 Å². The molecule has 0 amide bonds. The van der Waals surface area contributed by atoms with Crippen LogP contribution in [0.5, 0.6) is 0 Å². The van der Waals surface area contributed by atoms with Crippen LogP contribution in [-0.4, -0.2) is 48.6 Å². The molecule has 3 aliphatic rings. The molecule has 9 heteroatoms. The van der Waals surface area contributed by atoms with E-state index in [0.29, 0.717) is 12.8 Å². The van der Waals surface area contributed by atoms with Crippen LogP contribution in [0.25, 0.3) is 5.95 Å². The van der Waals surface area contributed by atoms with Crippen molar-refractivity contribution in [1.82, 2.24) is 19.5 Å². The van der Waals surface area contributed by atoms with Crippen molar-refractivity contribution in [3.8, 4) is 5.95 Å². The summed E-state index contributed by atoms with van der Waals surface area (Å²) in [5.41, 5.74) is -2.60. The lowest BCUT2D eigenvalue weighted by atomic mass is 9.44. The molecule has 3 fully saturated rings. The number of Topliss-reactive ketones (excluding diaryl/α,β-unsaturated/α-hetero) is 1. The fraction of sp³-hybridized carbons (Fsp3) is 0.607. The van der Waals surface area contributed by atoms with Gasteiger partial charge in [-0.25, -0.2) is 14.8 Å². The summed E-state index contributed by atoms with van der Waals surface area (Å²) in [6.07, 6.45) is 9.39. The van der Waals surface area contributed by atoms with E-state index in [0.717, 1.165) is 19.3 Å². The van der Waals surface area contributed by atoms with Crippen LogP contribution in [0.1, 0.15) is 70.2 Å². The number of ether oxygens (including phenoxy) is 1. The maximum atomic E-state index is 13.5. The van der Waals surface area contributed by atoms with E-state index < -0.39 is 34.6 Å². The maximum Gasteiger partial charge on any atom is 0.345 e. The molecule has 37 heavy (non-hydrogen) atoms. The van der Waals surface area contributed by atoms with Gasteiger partial charge in [0.1, 0.15) is 23.8 Å². The Hall–Kier alpha value is -3.07. The summed E-state index contributed by atoms with van der Waals surface area (Å²) >= 11 is 0. The molecular weight excluding hydrogens is 472 g/mol. The van der Waals surface area contributed by atoms with Crippen molar-refractivity contribution in [2.24, 2.45) is 34.0 Å². The van der Waals surface area contributed by atoms with Crippen LogP contribution in [0.3, 0.4) is 0 Å². The van der Waals surface area contributed by atoms with Crippen molar-refractivity contribution in [3.05, 3.63) is 53.5 Å². The Bertz CT molecular complexity index is 1290. The summed E-state index contributed by atoms with van der Waals surface area (Å²) in [6, 6.07) is 0. The number of esters is 1. The van der Waals surface area contributed by atoms with Gasteiger partial charge in [-0.05, 0) is 42.9 Å². The van der Waals surface area contributed by atoms with Crippen LogP contribution in [0.2, 0.25) is 0 Å². The Morgan fingerprint density at radius 3 is 2.70 bits per heavy atom. The van der Waals surface area contributed by atoms with Gasteiger partial charge < -0.3 is 9.84 Å². The Kier molecular flexibility index (Phi) is 6.05. The average Bonchev–Trinajstić information content (AvgIpc) is 3.53. The Balaban J connectivity index is 1.57. The molecule has 0 aliphatic heterocycles. The highest BCUT2D eigenvalue weighted by Gasteiger charge is 2.68. The van der Waals surface area contributed by atoms with E-state index in [1.807, 2.05) is 6.92 Å². The summed E-state index contributed by atoms with van der Waals surface area (Å²) < 4.78 is 7.72. The molecule has 8 atom stereocenters. The molecule has 9 nitrogen and oxygen atoms in total. The average molecular weight is 509 g/mol. The predicted octanol–water partition coefficient (Wildman–Crippen LogP) is 3.48. The molecule has 3 aliphatic carbocycles. The molecule has 2 unspecified atom stereocenters. The predicted molar refractivity (Wildman–Crippen MR) is 136 cm³/mol. The fourth-order valence-electron chi connectivity index (χ4n) is 7.74. The van der Waals surface area contributed by atoms with Crippen LogP contribution >= 0.6 is 0 Å². The first-order chi connectivity index (χ1) is 17.5. The third-order valence-corrected chi connectivity index (χ3v) is 10.3. The number of carbonyl (C=O) groups excluding carboxylic acids is 2. The van der Waals surface area contributed by atoms with Crippen molar-refractivity contribution in [2.75, 3.05) is 0 Å². The van der Waals surface area contributed by atoms with Crippen LogP contribution in [0, 0.1) is 34.0 Å². The van der Waals surface area contributed by atoms with Gasteiger partial charge in [0.2, 0.25) is 5.95 Å². The van der Waals surface area contributed by atoms with Gasteiger partial charge in [-0.2, -0.15) is 0 Å². The number of hydrogen-bond donors (Lipinski definition) is 2. The molecule has 2 aromatic heterocycles. The normalized spacial score (nSPS) is 39.4. The van der Waals surface area contributed by atoms with E-state index in [-0.39, 0.29) is 40.5 Å². The Morgan fingerprint density at radius 1 is 1.30 bits per heavy atom. The van der Waals surface area contributed by atoms with Gasteiger partial charge in [0.15, 0.2) is 0 Å². The second-order valence-electron chi connectivity index (χ2n) is 11.9. The van der Waals surface area contributed by atoms with E-state index in [2.05, 4.69) is 42.3 Å². The van der Waals surface area contributed by atoms with Crippen molar-refractivity contribution in [1.29, 1.82) is 0 Å². The summed E-state index contributed by atoms with van der Waals surface area (Å²) in [4.78, 5) is 50.6. The van der Waals surface area contributed by atoms with Crippen molar-refractivity contribution < 1.29 is 19.4 Å². The molecule has 5 rings (SSSR count). The molecular formula is C28H36N4O5. The van der Waals surface area contributed by atoms with Crippen molar-refractivity contribution in [2.45, 2.75) is 72.0 Å². The van der Waals surface area contributed by atoms with Crippen LogP contribution < -0.4 is 5.56 Å². The molecule has 0 aromatic carbocycles. The maximum absolute atomic E-state index is 13.5. The molecule has 0 saturated heterocycles. The third kappa shape index (κ3) is 3.65. The van der Waals surface area contributed by atoms with E-state index >= 15 is 0 Å². The van der Waals surface area contributed by atoms with Crippen molar-refractivity contribution in [3.63, 3.8) is 0 Å². The van der Waals surface area contributed by atoms with E-state index in [1.54, 1.807) is 18.5 Å². The number of nitrogens with one attached hydrogen (secondary N) is 1. The summed E-state index contributed by atoms with van der Waals surface area (Å²) in [5, 5.41) is 11.6. The van der Waals surface area contributed by atoms with E-state index in [4.69, 9.17) is 4.74 Å². The highest BCUT2D eigenvalue weighted by Crippen LogP contribution is 2.68. The highest BCUT2D eigenvalue weighted by atomic mass is 16.5. The number of carbonyl (C=O) groups is 2. The lowest BCUT2D eigenvalue weighted by Gasteiger charge is -2.61. The summed E-state index contributed by atoms with van der Waals surface area (Å²) in [7, 11) is 0. The van der Waals surface area contributed by atoms with Crippen LogP contribution in [-0.2, 0) is 9.53 Å². The topological polar surface area (TPSA) is 127 Å². The zero-order valence-corrected chi connectivity index (χ0v) is 21.9. The van der Waals surface area contributed by atoms with Crippen LogP contribution in [0.4, 0.5) is 0 Å². The largest absolute Gasteiger partial charge is 0.458 e. The molecule has 198 valence electrons. The Morgan fingerprint density at radius 2 is 2.05 bits per heavy atom. The number of ketones is 1. The second-order valence-corrected chi connectivity index (χ2v) is 11.9. The number of aromatic nitrogens is 4. The first-order valence-electron chi connectivity index (χ1n) is 13.1. The highest BCUT2D eigenvalue weighted by molar-refractivity contribution is 5.89. The lowest BCUT2D eigenvalue weighted by molar-refractivity contribution is -0.192. The standard InChI is InChI=1S/C28H36N4O5/c1-6-26(4)13-20(37-24(36)18-14-30-25(31-23(18)35)32-12-11-29-15-32)27(5)16(2)7-9-28(17(3)22(26)34)10-8-19(33)21(27)28/h6,11-12,14-17,20-22,34H,1,7-10,13H2,2-5H3,(H,30,31,35)/t16-,17+,20-,21?,22+,26-,27+,28?/m1/s1. The Labute approximate surface area is 216 Å². The number of hydrogen-bond acceptors (Lipinski definition) is 7. The number of nitrogens with zero attached hydrogens (tertiary/aromatic N) is 3. The van der Waals surface area contributed by atoms with Gasteiger partial charge in [-0.3, -0.25) is 19.1 Å². The van der Waals surface area contributed by atoms with Crippen LogP contribution in [0.15, 0.2) is 42.4 Å². The minimum Gasteiger partial charge on any atom is -0.458 e. The molecule has 2 aromatic rings. The lowest BCUT2D eigenvalue weighted by Crippen LogP contribution is -2.63. The molecule has 2 bridgehead atoms. The van der Waals surface area contributed by atoms with Crippen molar-refractivity contribution >= 4 is 11.8 Å². The number of aromatic amines is 1. The molecule has 0 radical (unpaired) electrons. The smallest absolute Gasteiger partial charge is 0.345 e. The summed E-state index contributed by atoms with van der Waals surface area (Å²) in [6.45, 7) is 12.2. The van der Waals surface area contributed by atoms with Gasteiger partial charge in [0.05, 0.1) is 12.3 Å². The fourth-order valence-corrected chi connectivity index (χ4v) is 7.74. The van der Waals surface area contributed by atoms with Gasteiger partial charge in [-0.1, -0.05) is 33.8 Å². The molecule has 0 spiro atoms. The molecule has 2 heterocycles. The van der Waals surface area contributed by atoms with Gasteiger partial charge >= 0.3 is 5.97 Å². The number of imidazole rings is 1. The van der Waals surface area contributed by atoms with Gasteiger partial charge in [-0.15, -0.1) is 6.58 Å². The molecule has 3 saturated carbocycles. The quantitative estimate of drug-likeness (QED) is 0.478. The number of rotatable bonds is 4. The number of aliphatic hydroxyl groups is 1. The SMILES string of the molecule is C=C[C@]1(C)C[C@@H](OC(=O)c2cnc(-n3ccnc3)[nH]c2=O)[C@@]2(C)C3C(=O)CCC3(CC[C@H]2C)[C@@H](C)[C@@H]1O. The second kappa shape index (κ2) is 8.75. The first kappa shape index (κ1) is 25.6. The minimum absolute atomic E-state index is 0.0991. The first-order valence-corrected chi connectivity index (χ1v) is 13.1. The molecule has 2 N–H and O–H groups in total. The van der Waals surface area contributed by atoms with Gasteiger partial charge in [0.25, 0.3) is 5.56 Å². The number of aliphatic hydroxyl groups excluding tert-OH is 1. The minimum atomic E-state index is -0.791. The number of H-pyrrole nitrogens is 1. The third-order valence-electron chi connectivity index (χ3n) is 10.3. The van der Waals surface area contributed by atoms with Gasteiger partial charge in [0, 0.05) is 35.6 Å². The zero-order chi connectivity index (χ0) is 26.8. The monoisotopic (exact) mass is 508 g/mol. The summed E-state index contributed by atoms with van der Waals surface area (Å²) in [5.74, 6) is -0.725. The van der Waals surface area contributed by atoms with E-state index in [1.165, 1.54) is 17.1 Å². The zero-order valence-electron chi connectivity index (χ0n) is 21.9.